The zero-order valence-electron chi connectivity index (χ0n) is 11.9. The third-order valence-electron chi connectivity index (χ3n) is 3.38. The largest absolute Gasteiger partial charge is 0.393 e. The smallest absolute Gasteiger partial charge is 0.335 e. The Kier molecular flexibility index (Phi) is 8.04. The number of likely N-dealkylation sites (N-methyl/N-ethyl adjacent to an activating group) is 1. The highest BCUT2D eigenvalue weighted by atomic mass is 28.4. The maximum absolute atomic E-state index is 6.03. The Labute approximate surface area is 112 Å². The third-order valence-corrected chi connectivity index (χ3v) is 6.27. The lowest BCUT2D eigenvalue weighted by atomic mass is 10.5. The van der Waals surface area contributed by atoms with Crippen LogP contribution in [0.3, 0.4) is 0 Å². The van der Waals surface area contributed by atoms with Gasteiger partial charge in [0.1, 0.15) is 0 Å². The molecule has 6 heteroatoms. The predicted molar refractivity (Wildman–Crippen MR) is 77.0 cm³/mol. The van der Waals surface area contributed by atoms with E-state index in [9.17, 15) is 0 Å². The van der Waals surface area contributed by atoms with E-state index in [1.165, 1.54) is 0 Å². The van der Waals surface area contributed by atoms with Crippen molar-refractivity contribution in [2.45, 2.75) is 25.9 Å². The molecule has 0 aliphatic carbocycles. The molecule has 0 aromatic heterocycles. The first-order chi connectivity index (χ1) is 8.70. The summed E-state index contributed by atoms with van der Waals surface area (Å²) in [6.07, 6.45) is 1.11. The van der Waals surface area contributed by atoms with Crippen LogP contribution in [0.2, 0.25) is 12.6 Å². The molecule has 0 spiro atoms. The molecule has 0 atom stereocenters. The van der Waals surface area contributed by atoms with Crippen molar-refractivity contribution >= 4 is 8.56 Å². The van der Waals surface area contributed by atoms with Crippen LogP contribution in [-0.4, -0.2) is 65.9 Å². The molecule has 0 saturated carbocycles. The standard InChI is InChI=1S/C12H29N3O2Si/c1-3-15-8-10-16-18(2,17-11-9-15)12-4-6-14-7-5-13/h14H,3-13H2,1-2H3. The molecule has 5 nitrogen and oxygen atoms in total. The summed E-state index contributed by atoms with van der Waals surface area (Å²) in [6, 6.07) is 1.07. The minimum atomic E-state index is -1.92. The van der Waals surface area contributed by atoms with E-state index >= 15 is 0 Å². The van der Waals surface area contributed by atoms with E-state index in [1.54, 1.807) is 0 Å². The quantitative estimate of drug-likeness (QED) is 0.519. The molecule has 18 heavy (non-hydrogen) atoms. The number of nitrogens with two attached hydrogens (primary N) is 1. The molecule has 108 valence electrons. The van der Waals surface area contributed by atoms with Gasteiger partial charge in [0.25, 0.3) is 0 Å². The Bertz CT molecular complexity index is 209. The molecule has 1 saturated heterocycles. The maximum Gasteiger partial charge on any atom is 0.335 e. The van der Waals surface area contributed by atoms with Gasteiger partial charge in [-0.2, -0.15) is 0 Å². The van der Waals surface area contributed by atoms with Crippen LogP contribution in [-0.2, 0) is 8.85 Å². The fourth-order valence-corrected chi connectivity index (χ4v) is 4.39. The number of hydrogen-bond donors (Lipinski definition) is 2. The molecule has 0 unspecified atom stereocenters. The van der Waals surface area contributed by atoms with Gasteiger partial charge in [-0.3, -0.25) is 4.90 Å². The van der Waals surface area contributed by atoms with Crippen LogP contribution in [0.5, 0.6) is 0 Å². The SMILES string of the molecule is CCN1CCO[Si](C)(CCCNCCN)OCC1. The summed E-state index contributed by atoms with van der Waals surface area (Å²) in [4.78, 5) is 2.37. The van der Waals surface area contributed by atoms with E-state index in [1.807, 2.05) is 0 Å². The molecule has 0 aromatic rings. The number of rotatable bonds is 7. The first-order valence-corrected chi connectivity index (χ1v) is 9.63. The number of nitrogens with zero attached hydrogens (tertiary/aromatic N) is 1. The van der Waals surface area contributed by atoms with Gasteiger partial charge in [-0.15, -0.1) is 0 Å². The van der Waals surface area contributed by atoms with Crippen molar-refractivity contribution in [2.24, 2.45) is 5.73 Å². The molecule has 0 radical (unpaired) electrons. The lowest BCUT2D eigenvalue weighted by molar-refractivity contribution is 0.0988. The zero-order valence-corrected chi connectivity index (χ0v) is 12.9. The maximum atomic E-state index is 6.03. The van der Waals surface area contributed by atoms with Gasteiger partial charge in [-0.05, 0) is 32.1 Å². The van der Waals surface area contributed by atoms with Crippen LogP contribution >= 0.6 is 0 Å². The predicted octanol–water partition coefficient (Wildman–Crippen LogP) is 0.366. The van der Waals surface area contributed by atoms with Crippen molar-refractivity contribution in [1.29, 1.82) is 0 Å². The van der Waals surface area contributed by atoms with Crippen molar-refractivity contribution in [3.05, 3.63) is 0 Å². The minimum Gasteiger partial charge on any atom is -0.393 e. The first-order valence-electron chi connectivity index (χ1n) is 7.11. The normalized spacial score (nSPS) is 21.5. The topological polar surface area (TPSA) is 59.8 Å². The van der Waals surface area contributed by atoms with Gasteiger partial charge in [0.15, 0.2) is 0 Å². The van der Waals surface area contributed by atoms with Crippen molar-refractivity contribution in [2.75, 3.05) is 52.5 Å². The fourth-order valence-electron chi connectivity index (χ4n) is 2.16. The molecule has 0 aromatic carbocycles. The van der Waals surface area contributed by atoms with Gasteiger partial charge in [-0.1, -0.05) is 6.92 Å². The van der Waals surface area contributed by atoms with Gasteiger partial charge < -0.3 is 19.9 Å². The van der Waals surface area contributed by atoms with E-state index in [2.05, 4.69) is 23.7 Å². The second-order valence-electron chi connectivity index (χ2n) is 4.91. The van der Waals surface area contributed by atoms with Crippen molar-refractivity contribution < 1.29 is 8.85 Å². The molecule has 1 aliphatic heterocycles. The van der Waals surface area contributed by atoms with Gasteiger partial charge >= 0.3 is 8.56 Å². The highest BCUT2D eigenvalue weighted by molar-refractivity contribution is 6.66. The van der Waals surface area contributed by atoms with Gasteiger partial charge in [0, 0.05) is 39.4 Å². The average Bonchev–Trinajstić information content (AvgIpc) is 2.34. The summed E-state index contributed by atoms with van der Waals surface area (Å²) in [5.74, 6) is 0. The fraction of sp³-hybridized carbons (Fsp3) is 1.00. The summed E-state index contributed by atoms with van der Waals surface area (Å²) >= 11 is 0. The Balaban J connectivity index is 2.21. The van der Waals surface area contributed by atoms with Crippen molar-refractivity contribution in [3.8, 4) is 0 Å². The molecule has 0 amide bonds. The summed E-state index contributed by atoms with van der Waals surface area (Å²) < 4.78 is 12.1. The Morgan fingerprint density at radius 1 is 1.22 bits per heavy atom. The van der Waals surface area contributed by atoms with Crippen LogP contribution in [0.15, 0.2) is 0 Å². The Hall–Kier alpha value is 0.0169. The summed E-state index contributed by atoms with van der Waals surface area (Å²) in [7, 11) is -1.92. The van der Waals surface area contributed by atoms with Crippen molar-refractivity contribution in [1.82, 2.24) is 10.2 Å². The lowest BCUT2D eigenvalue weighted by Crippen LogP contribution is -2.46. The van der Waals surface area contributed by atoms with Crippen LogP contribution < -0.4 is 11.1 Å². The van der Waals surface area contributed by atoms with Crippen LogP contribution in [0.25, 0.3) is 0 Å². The average molecular weight is 275 g/mol. The minimum absolute atomic E-state index is 0.703. The van der Waals surface area contributed by atoms with Crippen LogP contribution in [0, 0.1) is 0 Å². The molecule has 1 rings (SSSR count). The van der Waals surface area contributed by atoms with Crippen LogP contribution in [0.4, 0.5) is 0 Å². The lowest BCUT2D eigenvalue weighted by Gasteiger charge is -2.33. The van der Waals surface area contributed by atoms with Gasteiger partial charge in [0.05, 0.1) is 0 Å². The summed E-state index contributed by atoms with van der Waals surface area (Å²) in [5, 5.41) is 3.31. The summed E-state index contributed by atoms with van der Waals surface area (Å²) in [6.45, 7) is 11.8. The highest BCUT2D eigenvalue weighted by Gasteiger charge is 2.32. The van der Waals surface area contributed by atoms with Crippen LogP contribution in [0.1, 0.15) is 13.3 Å². The number of nitrogens with one attached hydrogen (secondary N) is 1. The van der Waals surface area contributed by atoms with Gasteiger partial charge in [-0.25, -0.2) is 0 Å². The molecule has 1 heterocycles. The van der Waals surface area contributed by atoms with E-state index < -0.39 is 8.56 Å². The third kappa shape index (κ3) is 6.26. The highest BCUT2D eigenvalue weighted by Crippen LogP contribution is 2.17. The monoisotopic (exact) mass is 275 g/mol. The molecule has 3 N–H and O–H groups in total. The molecule has 1 aliphatic rings. The molecular weight excluding hydrogens is 246 g/mol. The zero-order chi connectivity index (χ0) is 13.3. The Morgan fingerprint density at radius 3 is 2.44 bits per heavy atom. The van der Waals surface area contributed by atoms with E-state index in [-0.39, 0.29) is 0 Å². The second-order valence-corrected chi connectivity index (χ2v) is 8.25. The van der Waals surface area contributed by atoms with E-state index in [0.717, 1.165) is 58.4 Å². The molecule has 0 bridgehead atoms. The van der Waals surface area contributed by atoms with E-state index in [0.29, 0.717) is 6.54 Å². The van der Waals surface area contributed by atoms with E-state index in [4.69, 9.17) is 14.6 Å². The Morgan fingerprint density at radius 2 is 1.89 bits per heavy atom. The number of hydrogen-bond acceptors (Lipinski definition) is 5. The molecular formula is C12H29N3O2Si. The second kappa shape index (κ2) is 9.01. The molecule has 1 fully saturated rings. The summed E-state index contributed by atoms with van der Waals surface area (Å²) in [5.41, 5.74) is 5.44. The first kappa shape index (κ1) is 16.1. The van der Waals surface area contributed by atoms with Crippen molar-refractivity contribution in [3.63, 3.8) is 0 Å². The van der Waals surface area contributed by atoms with Gasteiger partial charge in [0.2, 0.25) is 0 Å².